The quantitative estimate of drug-likeness (QED) is 0.781. The van der Waals surface area contributed by atoms with E-state index >= 15 is 0 Å². The smallest absolute Gasteiger partial charge is 0.0992 e. The fourth-order valence-electron chi connectivity index (χ4n) is 1.99. The van der Waals surface area contributed by atoms with Crippen molar-refractivity contribution in [3.63, 3.8) is 0 Å². The van der Waals surface area contributed by atoms with E-state index in [1.54, 1.807) is 0 Å². The zero-order valence-electron chi connectivity index (χ0n) is 11.0. The molecule has 0 aromatic heterocycles. The van der Waals surface area contributed by atoms with Crippen LogP contribution in [0.15, 0.2) is 51.4 Å². The Bertz CT molecular complexity index is 630. The molecule has 2 aromatic carbocycles. The van der Waals surface area contributed by atoms with E-state index in [-0.39, 0.29) is 0 Å². The van der Waals surface area contributed by atoms with Crippen LogP contribution in [0.2, 0.25) is 0 Å². The first kappa shape index (κ1) is 15.1. The van der Waals surface area contributed by atoms with Gasteiger partial charge in [-0.2, -0.15) is 5.26 Å². The molecule has 0 radical (unpaired) electrons. The lowest BCUT2D eigenvalue weighted by Gasteiger charge is -2.16. The van der Waals surface area contributed by atoms with Crippen molar-refractivity contribution in [3.8, 4) is 6.07 Å². The van der Waals surface area contributed by atoms with Crippen LogP contribution in [0.1, 0.15) is 18.1 Å². The van der Waals surface area contributed by atoms with E-state index < -0.39 is 0 Å². The SMILES string of the molecule is CC(Cc1ccc(Br)cc1)Nc1ccc(C#N)cc1Br. The molecule has 0 fully saturated rings. The van der Waals surface area contributed by atoms with Crippen molar-refractivity contribution in [2.45, 2.75) is 19.4 Å². The van der Waals surface area contributed by atoms with Crippen molar-refractivity contribution >= 4 is 37.5 Å². The normalized spacial score (nSPS) is 11.7. The van der Waals surface area contributed by atoms with Crippen LogP contribution in [0.5, 0.6) is 0 Å². The lowest BCUT2D eigenvalue weighted by atomic mass is 10.1. The molecule has 0 aliphatic carbocycles. The van der Waals surface area contributed by atoms with E-state index in [9.17, 15) is 0 Å². The Morgan fingerprint density at radius 2 is 1.85 bits per heavy atom. The van der Waals surface area contributed by atoms with Crippen LogP contribution in [0, 0.1) is 11.3 Å². The van der Waals surface area contributed by atoms with Crippen LogP contribution in [0.3, 0.4) is 0 Å². The summed E-state index contributed by atoms with van der Waals surface area (Å²) in [6.45, 7) is 2.15. The predicted octanol–water partition coefficient (Wildman–Crippen LogP) is 5.13. The molecule has 2 rings (SSSR count). The fraction of sp³-hybridized carbons (Fsp3) is 0.188. The van der Waals surface area contributed by atoms with Crippen molar-refractivity contribution in [3.05, 3.63) is 62.5 Å². The van der Waals surface area contributed by atoms with Gasteiger partial charge >= 0.3 is 0 Å². The summed E-state index contributed by atoms with van der Waals surface area (Å²) in [6, 6.07) is 16.4. The molecule has 0 saturated carbocycles. The van der Waals surface area contributed by atoms with E-state index in [4.69, 9.17) is 5.26 Å². The standard InChI is InChI=1S/C16H14Br2N2/c1-11(8-12-2-5-14(17)6-3-12)20-16-7-4-13(10-19)9-15(16)18/h2-7,9,11,20H,8H2,1H3. The zero-order chi connectivity index (χ0) is 14.5. The number of nitriles is 1. The maximum absolute atomic E-state index is 8.86. The third-order valence-corrected chi connectivity index (χ3v) is 4.14. The van der Waals surface area contributed by atoms with Crippen molar-refractivity contribution in [1.82, 2.24) is 0 Å². The number of hydrogen-bond acceptors (Lipinski definition) is 2. The molecule has 0 amide bonds. The van der Waals surface area contributed by atoms with Gasteiger partial charge in [-0.15, -0.1) is 0 Å². The molecule has 0 bridgehead atoms. The molecule has 2 aromatic rings. The summed E-state index contributed by atoms with van der Waals surface area (Å²) in [5, 5.41) is 12.3. The summed E-state index contributed by atoms with van der Waals surface area (Å²) in [6.07, 6.45) is 0.944. The number of rotatable bonds is 4. The molecule has 0 aliphatic rings. The second-order valence-corrected chi connectivity index (χ2v) is 6.45. The molecular weight excluding hydrogens is 380 g/mol. The Morgan fingerprint density at radius 1 is 1.15 bits per heavy atom. The first-order chi connectivity index (χ1) is 9.58. The molecule has 1 N–H and O–H groups in total. The third kappa shape index (κ3) is 4.09. The predicted molar refractivity (Wildman–Crippen MR) is 89.8 cm³/mol. The van der Waals surface area contributed by atoms with Crippen LogP contribution in [-0.2, 0) is 6.42 Å². The molecule has 102 valence electrons. The number of nitrogens with zero attached hydrogens (tertiary/aromatic N) is 1. The van der Waals surface area contributed by atoms with Crippen LogP contribution >= 0.6 is 31.9 Å². The molecule has 0 saturated heterocycles. The van der Waals surface area contributed by atoms with E-state index in [1.165, 1.54) is 5.56 Å². The Kier molecular flexibility index (Phi) is 5.22. The highest BCUT2D eigenvalue weighted by molar-refractivity contribution is 9.10. The molecule has 1 unspecified atom stereocenters. The van der Waals surface area contributed by atoms with E-state index in [1.807, 2.05) is 18.2 Å². The summed E-state index contributed by atoms with van der Waals surface area (Å²) >= 11 is 6.93. The monoisotopic (exact) mass is 392 g/mol. The summed E-state index contributed by atoms with van der Waals surface area (Å²) in [4.78, 5) is 0. The Hall–Kier alpha value is -1.31. The molecule has 2 nitrogen and oxygen atoms in total. The Morgan fingerprint density at radius 3 is 2.45 bits per heavy atom. The van der Waals surface area contributed by atoms with Gasteiger partial charge in [0.25, 0.3) is 0 Å². The lowest BCUT2D eigenvalue weighted by molar-refractivity contribution is 0.789. The second kappa shape index (κ2) is 6.92. The molecule has 4 heteroatoms. The van der Waals surface area contributed by atoms with Crippen molar-refractivity contribution in [2.24, 2.45) is 0 Å². The minimum atomic E-state index is 0.306. The maximum Gasteiger partial charge on any atom is 0.0992 e. The van der Waals surface area contributed by atoms with Gasteiger partial charge in [-0.25, -0.2) is 0 Å². The second-order valence-electron chi connectivity index (χ2n) is 4.68. The first-order valence-corrected chi connectivity index (χ1v) is 7.87. The third-order valence-electron chi connectivity index (χ3n) is 2.96. The summed E-state index contributed by atoms with van der Waals surface area (Å²) in [5.74, 6) is 0. The van der Waals surface area contributed by atoms with E-state index in [0.29, 0.717) is 11.6 Å². The minimum absolute atomic E-state index is 0.306. The molecule has 0 spiro atoms. The van der Waals surface area contributed by atoms with Crippen LogP contribution in [-0.4, -0.2) is 6.04 Å². The maximum atomic E-state index is 8.86. The van der Waals surface area contributed by atoms with E-state index in [0.717, 1.165) is 21.1 Å². The van der Waals surface area contributed by atoms with Gasteiger partial charge in [0.1, 0.15) is 0 Å². The molecule has 20 heavy (non-hydrogen) atoms. The van der Waals surface area contributed by atoms with Gasteiger partial charge in [-0.3, -0.25) is 0 Å². The van der Waals surface area contributed by atoms with Gasteiger partial charge < -0.3 is 5.32 Å². The molecule has 0 heterocycles. The molecule has 0 aliphatic heterocycles. The van der Waals surface area contributed by atoms with Crippen LogP contribution in [0.25, 0.3) is 0 Å². The number of anilines is 1. The van der Waals surface area contributed by atoms with Gasteiger partial charge in [-0.1, -0.05) is 28.1 Å². The van der Waals surface area contributed by atoms with Gasteiger partial charge in [0, 0.05) is 20.7 Å². The van der Waals surface area contributed by atoms with Crippen molar-refractivity contribution in [2.75, 3.05) is 5.32 Å². The van der Waals surface area contributed by atoms with Crippen LogP contribution in [0.4, 0.5) is 5.69 Å². The topological polar surface area (TPSA) is 35.8 Å². The highest BCUT2D eigenvalue weighted by Gasteiger charge is 2.07. The lowest BCUT2D eigenvalue weighted by Crippen LogP contribution is -2.18. The summed E-state index contributed by atoms with van der Waals surface area (Å²) < 4.78 is 2.01. The van der Waals surface area contributed by atoms with Gasteiger partial charge in [0.05, 0.1) is 11.6 Å². The first-order valence-electron chi connectivity index (χ1n) is 6.29. The number of nitrogens with one attached hydrogen (secondary N) is 1. The highest BCUT2D eigenvalue weighted by Crippen LogP contribution is 2.24. The number of benzene rings is 2. The minimum Gasteiger partial charge on any atom is -0.381 e. The van der Waals surface area contributed by atoms with Gasteiger partial charge in [-0.05, 0) is 65.2 Å². The van der Waals surface area contributed by atoms with E-state index in [2.05, 4.69) is 74.4 Å². The summed E-state index contributed by atoms with van der Waals surface area (Å²) in [7, 11) is 0. The highest BCUT2D eigenvalue weighted by atomic mass is 79.9. The van der Waals surface area contributed by atoms with Crippen molar-refractivity contribution in [1.29, 1.82) is 5.26 Å². The zero-order valence-corrected chi connectivity index (χ0v) is 14.2. The number of halogens is 2. The number of hydrogen-bond donors (Lipinski definition) is 1. The molecular formula is C16H14Br2N2. The molecule has 1 atom stereocenters. The Labute approximate surface area is 136 Å². The van der Waals surface area contributed by atoms with Crippen molar-refractivity contribution < 1.29 is 0 Å². The summed E-state index contributed by atoms with van der Waals surface area (Å²) in [5.41, 5.74) is 2.95. The Balaban J connectivity index is 2.03. The van der Waals surface area contributed by atoms with Gasteiger partial charge in [0.15, 0.2) is 0 Å². The van der Waals surface area contributed by atoms with Crippen LogP contribution < -0.4 is 5.32 Å². The fourth-order valence-corrected chi connectivity index (χ4v) is 2.75. The largest absolute Gasteiger partial charge is 0.381 e. The average molecular weight is 394 g/mol. The van der Waals surface area contributed by atoms with Gasteiger partial charge in [0.2, 0.25) is 0 Å². The average Bonchev–Trinajstić information content (AvgIpc) is 2.43.